The van der Waals surface area contributed by atoms with Crippen LogP contribution >= 0.6 is 0 Å². The second-order valence-corrected chi connectivity index (χ2v) is 5.55. The Labute approximate surface area is 161 Å². The zero-order chi connectivity index (χ0) is 18.4. The fourth-order valence-corrected chi connectivity index (χ4v) is 2.55. The number of aromatic nitrogens is 1. The number of rotatable bonds is 6. The highest BCUT2D eigenvalue weighted by Gasteiger charge is 2.15. The molecule has 3 rings (SSSR count). The summed E-state index contributed by atoms with van der Waals surface area (Å²) in [5.74, 6) is -0.413. The van der Waals surface area contributed by atoms with Crippen LogP contribution in [0.2, 0.25) is 0 Å². The molecule has 1 amide bonds. The molecule has 0 atom stereocenters. The number of pyridine rings is 1. The Balaban J connectivity index is 0.00000261. The summed E-state index contributed by atoms with van der Waals surface area (Å²) in [6, 6.07) is 19.7. The van der Waals surface area contributed by atoms with Crippen molar-refractivity contribution < 1.29 is 35.3 Å². The topological polar surface area (TPSA) is 42.2 Å². The molecule has 0 bridgehead atoms. The number of nitrogens with one attached hydrogen (secondary N) is 1. The Morgan fingerprint density at radius 3 is 2.37 bits per heavy atom. The van der Waals surface area contributed by atoms with Crippen LogP contribution in [0.1, 0.15) is 0 Å². The lowest BCUT2D eigenvalue weighted by Crippen LogP contribution is -3.00. The van der Waals surface area contributed by atoms with E-state index in [4.69, 9.17) is 0 Å². The summed E-state index contributed by atoms with van der Waals surface area (Å²) in [6.07, 6.45) is 3.63. The molecule has 27 heavy (non-hydrogen) atoms. The number of carbonyl (C=O) groups is 1. The van der Waals surface area contributed by atoms with Crippen molar-refractivity contribution in [1.82, 2.24) is 0 Å². The molecule has 0 spiro atoms. The lowest BCUT2D eigenvalue weighted by Gasteiger charge is -2.10. The maximum absolute atomic E-state index is 12.5. The Bertz CT molecular complexity index is 892. The molecule has 0 radical (unpaired) electrons. The van der Waals surface area contributed by atoms with Crippen molar-refractivity contribution in [3.63, 3.8) is 0 Å². The summed E-state index contributed by atoms with van der Waals surface area (Å²) in [5.41, 5.74) is 2.22. The van der Waals surface area contributed by atoms with E-state index in [1.807, 2.05) is 48.7 Å². The van der Waals surface area contributed by atoms with Crippen LogP contribution in [0, 0.1) is 0 Å². The summed E-state index contributed by atoms with van der Waals surface area (Å²) in [7, 11) is 0. The molecule has 4 nitrogen and oxygen atoms in total. The minimum absolute atomic E-state index is 0. The van der Waals surface area contributed by atoms with Crippen molar-refractivity contribution in [3.8, 4) is 16.9 Å². The van der Waals surface area contributed by atoms with E-state index in [2.05, 4.69) is 10.1 Å². The van der Waals surface area contributed by atoms with Gasteiger partial charge in [0.2, 0.25) is 6.54 Å². The van der Waals surface area contributed by atoms with E-state index in [-0.39, 0.29) is 36.3 Å². The Morgan fingerprint density at radius 1 is 0.963 bits per heavy atom. The van der Waals surface area contributed by atoms with E-state index in [9.17, 15) is 13.6 Å². The Hall–Kier alpha value is -2.99. The molecule has 0 aliphatic rings. The van der Waals surface area contributed by atoms with Crippen molar-refractivity contribution in [1.29, 1.82) is 0 Å². The van der Waals surface area contributed by atoms with Gasteiger partial charge in [0.15, 0.2) is 12.4 Å². The van der Waals surface area contributed by atoms with Crippen LogP contribution in [0.4, 0.5) is 14.5 Å². The molecular weight excluding hydrogens is 374 g/mol. The molecule has 0 saturated carbocycles. The zero-order valence-corrected chi connectivity index (χ0v) is 14.9. The average Bonchev–Trinajstić information content (AvgIpc) is 2.64. The van der Waals surface area contributed by atoms with Gasteiger partial charge in [-0.3, -0.25) is 4.79 Å². The number of benzene rings is 2. The van der Waals surface area contributed by atoms with Gasteiger partial charge in [-0.2, -0.15) is 13.3 Å². The molecule has 3 aromatic rings. The Morgan fingerprint density at radius 2 is 1.63 bits per heavy atom. The highest BCUT2D eigenvalue weighted by molar-refractivity contribution is 5.91. The van der Waals surface area contributed by atoms with E-state index in [0.29, 0.717) is 0 Å². The minimum atomic E-state index is -2.95. The van der Waals surface area contributed by atoms with Crippen molar-refractivity contribution in [2.24, 2.45) is 0 Å². The molecule has 1 aromatic heterocycles. The first-order valence-corrected chi connectivity index (χ1v) is 8.00. The average molecular weight is 391 g/mol. The molecular formula is C20H17ClF2N2O2. The molecule has 140 valence electrons. The van der Waals surface area contributed by atoms with Gasteiger partial charge in [-0.25, -0.2) is 0 Å². The molecule has 2 aromatic carbocycles. The number of ether oxygens (including phenoxy) is 1. The fraction of sp³-hybridized carbons (Fsp3) is 0.100. The molecule has 7 heteroatoms. The quantitative estimate of drug-likeness (QED) is 0.635. The molecule has 0 fully saturated rings. The molecule has 1 N–H and O–H groups in total. The first kappa shape index (κ1) is 20.3. The van der Waals surface area contributed by atoms with Gasteiger partial charge in [0.25, 0.3) is 5.91 Å². The van der Waals surface area contributed by atoms with Crippen LogP contribution in [0.5, 0.6) is 5.75 Å². The number of nitrogens with zero attached hydrogens (tertiary/aromatic N) is 1. The van der Waals surface area contributed by atoms with Gasteiger partial charge in [0.05, 0.1) is 5.69 Å². The van der Waals surface area contributed by atoms with Crippen LogP contribution in [-0.4, -0.2) is 12.5 Å². The highest BCUT2D eigenvalue weighted by atomic mass is 35.5. The largest absolute Gasteiger partial charge is 1.00 e. The number of para-hydroxylation sites is 2. The number of hydrogen-bond donors (Lipinski definition) is 1. The maximum Gasteiger partial charge on any atom is 0.387 e. The molecule has 0 unspecified atom stereocenters. The highest BCUT2D eigenvalue weighted by Crippen LogP contribution is 2.25. The zero-order valence-electron chi connectivity index (χ0n) is 14.2. The summed E-state index contributed by atoms with van der Waals surface area (Å²) in [5, 5.41) is 2.61. The SMILES string of the molecule is O=C(C[n+]1cccc(-c2ccccc2)c1)Nc1ccccc1OC(F)F.[Cl-]. The van der Waals surface area contributed by atoms with Crippen LogP contribution in [0.25, 0.3) is 11.1 Å². The van der Waals surface area contributed by atoms with E-state index in [1.165, 1.54) is 12.1 Å². The van der Waals surface area contributed by atoms with Gasteiger partial charge in [-0.15, -0.1) is 0 Å². The van der Waals surface area contributed by atoms with E-state index < -0.39 is 6.61 Å². The predicted molar refractivity (Wildman–Crippen MR) is 93.8 cm³/mol. The lowest BCUT2D eigenvalue weighted by atomic mass is 10.1. The first-order chi connectivity index (χ1) is 12.6. The molecule has 0 aliphatic carbocycles. The normalized spacial score (nSPS) is 10.2. The summed E-state index contributed by atoms with van der Waals surface area (Å²) >= 11 is 0. The van der Waals surface area contributed by atoms with Crippen molar-refractivity contribution in [3.05, 3.63) is 79.1 Å². The van der Waals surface area contributed by atoms with Gasteiger partial charge in [0, 0.05) is 11.6 Å². The van der Waals surface area contributed by atoms with Crippen molar-refractivity contribution >= 4 is 11.6 Å². The van der Waals surface area contributed by atoms with Gasteiger partial charge >= 0.3 is 6.61 Å². The lowest BCUT2D eigenvalue weighted by molar-refractivity contribution is -0.683. The number of halogens is 3. The summed E-state index contributed by atoms with van der Waals surface area (Å²) in [4.78, 5) is 12.3. The van der Waals surface area contributed by atoms with Crippen LogP contribution < -0.4 is 27.0 Å². The first-order valence-electron chi connectivity index (χ1n) is 8.00. The van der Waals surface area contributed by atoms with Crippen LogP contribution in [0.3, 0.4) is 0 Å². The smallest absolute Gasteiger partial charge is 0.387 e. The second kappa shape index (κ2) is 9.64. The van der Waals surface area contributed by atoms with Crippen LogP contribution in [0.15, 0.2) is 79.1 Å². The van der Waals surface area contributed by atoms with Crippen molar-refractivity contribution in [2.75, 3.05) is 5.32 Å². The number of anilines is 1. The third-order valence-corrected chi connectivity index (χ3v) is 3.67. The Kier molecular flexibility index (Phi) is 7.25. The standard InChI is InChI=1S/C20H16F2N2O2.ClH/c21-20(22)26-18-11-5-4-10-17(18)23-19(25)14-24-12-6-9-16(13-24)15-7-2-1-3-8-15;/h1-13,20H,14H2;1H. The number of carbonyl (C=O) groups excluding carboxylic acids is 1. The third-order valence-electron chi connectivity index (χ3n) is 3.67. The van der Waals surface area contributed by atoms with Gasteiger partial charge in [-0.1, -0.05) is 42.5 Å². The molecule has 1 heterocycles. The van der Waals surface area contributed by atoms with Gasteiger partial charge in [0.1, 0.15) is 5.75 Å². The van der Waals surface area contributed by atoms with E-state index >= 15 is 0 Å². The van der Waals surface area contributed by atoms with E-state index in [1.54, 1.807) is 22.9 Å². The number of amides is 1. The monoisotopic (exact) mass is 390 g/mol. The second-order valence-electron chi connectivity index (χ2n) is 5.55. The summed E-state index contributed by atoms with van der Waals surface area (Å²) in [6.45, 7) is -2.91. The summed E-state index contributed by atoms with van der Waals surface area (Å²) < 4.78 is 31.1. The predicted octanol–water partition coefficient (Wildman–Crippen LogP) is 0.885. The fourth-order valence-electron chi connectivity index (χ4n) is 2.55. The third kappa shape index (κ3) is 5.76. The van der Waals surface area contributed by atoms with E-state index in [0.717, 1.165) is 11.1 Å². The molecule has 0 saturated heterocycles. The minimum Gasteiger partial charge on any atom is -1.00 e. The van der Waals surface area contributed by atoms with Gasteiger partial charge < -0.3 is 22.5 Å². The number of alkyl halides is 2. The van der Waals surface area contributed by atoms with Crippen LogP contribution in [-0.2, 0) is 11.3 Å². The van der Waals surface area contributed by atoms with Gasteiger partial charge in [-0.05, 0) is 23.8 Å². The number of hydrogen-bond acceptors (Lipinski definition) is 2. The maximum atomic E-state index is 12.5. The van der Waals surface area contributed by atoms with Crippen molar-refractivity contribution in [2.45, 2.75) is 13.2 Å². The molecule has 0 aliphatic heterocycles.